The fourth-order valence-electron chi connectivity index (χ4n) is 5.42. The molecule has 0 unspecified atom stereocenters. The standard InChI is InChI=1S/C28H23F4N5O2/c29-17-8-9-21(31)19(12-17)26-13-18(30)15-36(26)27(38)16-34-10-11-35(28(34)39)23-6-3-7-24-20(23)14-33-37(24)25-5-2-1-4-22(25)32/h1-9,12,14,18,26H,10-11,13,15-16H2/t18-,26-/m1/s1. The van der Waals surface area contributed by atoms with Crippen LogP contribution < -0.4 is 4.90 Å². The molecule has 39 heavy (non-hydrogen) atoms. The summed E-state index contributed by atoms with van der Waals surface area (Å²) in [4.78, 5) is 30.6. The summed E-state index contributed by atoms with van der Waals surface area (Å²) in [6.07, 6.45) is 0.0123. The zero-order chi connectivity index (χ0) is 27.3. The summed E-state index contributed by atoms with van der Waals surface area (Å²) in [5.74, 6) is -2.40. The second kappa shape index (κ2) is 9.72. The molecule has 11 heteroatoms. The van der Waals surface area contributed by atoms with Gasteiger partial charge in [0.25, 0.3) is 0 Å². The largest absolute Gasteiger partial charge is 0.331 e. The van der Waals surface area contributed by atoms with Crippen molar-refractivity contribution in [3.05, 3.63) is 89.9 Å². The molecule has 0 spiro atoms. The Bertz CT molecular complexity index is 1590. The van der Waals surface area contributed by atoms with Gasteiger partial charge in [-0.25, -0.2) is 27.0 Å². The lowest BCUT2D eigenvalue weighted by Gasteiger charge is -2.27. The zero-order valence-corrected chi connectivity index (χ0v) is 20.6. The molecule has 0 saturated carbocycles. The Kier molecular flexibility index (Phi) is 6.20. The first-order valence-corrected chi connectivity index (χ1v) is 12.5. The van der Waals surface area contributed by atoms with E-state index in [0.717, 1.165) is 18.2 Å². The Morgan fingerprint density at radius 3 is 2.56 bits per heavy atom. The number of carbonyl (C=O) groups is 2. The van der Waals surface area contributed by atoms with E-state index in [-0.39, 0.29) is 43.9 Å². The molecule has 4 aromatic rings. The summed E-state index contributed by atoms with van der Waals surface area (Å²) in [5, 5.41) is 4.96. The van der Waals surface area contributed by atoms with Gasteiger partial charge in [-0.05, 0) is 42.5 Å². The van der Waals surface area contributed by atoms with Crippen LogP contribution in [0.2, 0.25) is 0 Å². The van der Waals surface area contributed by atoms with Crippen molar-refractivity contribution in [2.45, 2.75) is 18.6 Å². The molecule has 200 valence electrons. The maximum Gasteiger partial charge on any atom is 0.325 e. The molecule has 2 aliphatic rings. The smallest absolute Gasteiger partial charge is 0.325 e. The van der Waals surface area contributed by atoms with Gasteiger partial charge in [-0.3, -0.25) is 9.69 Å². The number of nitrogens with zero attached hydrogens (tertiary/aromatic N) is 5. The van der Waals surface area contributed by atoms with Crippen molar-refractivity contribution >= 4 is 28.5 Å². The maximum absolute atomic E-state index is 14.4. The Labute approximate surface area is 220 Å². The van der Waals surface area contributed by atoms with E-state index in [1.54, 1.807) is 42.6 Å². The minimum absolute atomic E-state index is 0.0867. The Balaban J connectivity index is 1.22. The minimum Gasteiger partial charge on any atom is -0.331 e. The van der Waals surface area contributed by atoms with Gasteiger partial charge in [0.05, 0.1) is 30.0 Å². The van der Waals surface area contributed by atoms with Crippen LogP contribution >= 0.6 is 0 Å². The van der Waals surface area contributed by atoms with E-state index in [0.29, 0.717) is 16.6 Å². The molecule has 3 aromatic carbocycles. The number of anilines is 1. The topological polar surface area (TPSA) is 61.7 Å². The Morgan fingerprint density at radius 2 is 1.74 bits per heavy atom. The average Bonchev–Trinajstić information content (AvgIpc) is 3.63. The highest BCUT2D eigenvalue weighted by molar-refractivity contribution is 6.04. The summed E-state index contributed by atoms with van der Waals surface area (Å²) in [5.41, 5.74) is 1.34. The van der Waals surface area contributed by atoms with E-state index in [2.05, 4.69) is 5.10 Å². The molecule has 0 N–H and O–H groups in total. The molecule has 2 aliphatic heterocycles. The molecule has 1 aromatic heterocycles. The van der Waals surface area contributed by atoms with Crippen molar-refractivity contribution in [3.8, 4) is 5.69 Å². The highest BCUT2D eigenvalue weighted by Crippen LogP contribution is 2.36. The third kappa shape index (κ3) is 4.37. The zero-order valence-electron chi connectivity index (χ0n) is 20.6. The van der Waals surface area contributed by atoms with Gasteiger partial charge < -0.3 is 9.80 Å². The number of benzene rings is 3. The molecule has 2 saturated heterocycles. The number of hydrogen-bond acceptors (Lipinski definition) is 3. The maximum atomic E-state index is 14.4. The van der Waals surface area contributed by atoms with Gasteiger partial charge in [0.15, 0.2) is 0 Å². The van der Waals surface area contributed by atoms with Crippen LogP contribution in [0.5, 0.6) is 0 Å². The predicted octanol–water partition coefficient (Wildman–Crippen LogP) is 5.00. The number of para-hydroxylation sites is 1. The van der Waals surface area contributed by atoms with E-state index in [4.69, 9.17) is 0 Å². The molecular formula is C28H23F4N5O2. The SMILES string of the molecule is O=C1N(CC(=O)N2C[C@H](F)C[C@@H]2c2cc(F)ccc2F)CCN1c1cccc2c1cnn2-c1ccccc1F. The lowest BCUT2D eigenvalue weighted by atomic mass is 10.0. The van der Waals surface area contributed by atoms with Crippen LogP contribution in [0.3, 0.4) is 0 Å². The van der Waals surface area contributed by atoms with Gasteiger partial charge in [-0.2, -0.15) is 5.10 Å². The summed E-state index contributed by atoms with van der Waals surface area (Å²) in [6.45, 7) is -0.0855. The van der Waals surface area contributed by atoms with Crippen LogP contribution in [-0.2, 0) is 4.79 Å². The molecule has 3 amide bonds. The molecule has 0 bridgehead atoms. The van der Waals surface area contributed by atoms with Crippen LogP contribution in [0.15, 0.2) is 66.9 Å². The summed E-state index contributed by atoms with van der Waals surface area (Å²) in [7, 11) is 0. The number of likely N-dealkylation sites (tertiary alicyclic amines) is 1. The highest BCUT2D eigenvalue weighted by atomic mass is 19.1. The number of amides is 3. The first-order chi connectivity index (χ1) is 18.8. The first kappa shape index (κ1) is 24.9. The normalized spacial score (nSPS) is 19.5. The fourth-order valence-corrected chi connectivity index (χ4v) is 5.42. The molecule has 2 fully saturated rings. The molecule has 7 nitrogen and oxygen atoms in total. The van der Waals surface area contributed by atoms with E-state index >= 15 is 0 Å². The summed E-state index contributed by atoms with van der Waals surface area (Å²) in [6, 6.07) is 13.0. The third-order valence-corrected chi connectivity index (χ3v) is 7.27. The molecule has 0 aliphatic carbocycles. The number of carbonyl (C=O) groups excluding carboxylic acids is 2. The van der Waals surface area contributed by atoms with Crippen molar-refractivity contribution in [1.82, 2.24) is 19.6 Å². The van der Waals surface area contributed by atoms with E-state index in [9.17, 15) is 27.2 Å². The van der Waals surface area contributed by atoms with Gasteiger partial charge in [-0.15, -0.1) is 0 Å². The lowest BCUT2D eigenvalue weighted by Crippen LogP contribution is -2.42. The molecule has 6 rings (SSSR count). The van der Waals surface area contributed by atoms with Crippen LogP contribution in [-0.4, -0.2) is 63.9 Å². The van der Waals surface area contributed by atoms with Gasteiger partial charge in [-0.1, -0.05) is 18.2 Å². The van der Waals surface area contributed by atoms with Gasteiger partial charge in [0.1, 0.15) is 35.9 Å². The first-order valence-electron chi connectivity index (χ1n) is 12.5. The molecule has 2 atom stereocenters. The van der Waals surface area contributed by atoms with E-state index < -0.39 is 41.6 Å². The number of urea groups is 1. The van der Waals surface area contributed by atoms with Crippen LogP contribution in [0.1, 0.15) is 18.0 Å². The Morgan fingerprint density at radius 1 is 0.949 bits per heavy atom. The van der Waals surface area contributed by atoms with Crippen molar-refractivity contribution in [1.29, 1.82) is 0 Å². The third-order valence-electron chi connectivity index (χ3n) is 7.27. The van der Waals surface area contributed by atoms with Crippen molar-refractivity contribution in [3.63, 3.8) is 0 Å². The molecular weight excluding hydrogens is 514 g/mol. The lowest BCUT2D eigenvalue weighted by molar-refractivity contribution is -0.132. The van der Waals surface area contributed by atoms with E-state index in [1.807, 2.05) is 0 Å². The number of alkyl halides is 1. The number of halogens is 4. The Hall–Kier alpha value is -4.41. The highest BCUT2D eigenvalue weighted by Gasteiger charge is 2.40. The number of rotatable bonds is 5. The molecule has 3 heterocycles. The predicted molar refractivity (Wildman–Crippen MR) is 136 cm³/mol. The van der Waals surface area contributed by atoms with Gasteiger partial charge >= 0.3 is 6.03 Å². The summed E-state index contributed by atoms with van der Waals surface area (Å²) < 4.78 is 58.4. The van der Waals surface area contributed by atoms with Crippen LogP contribution in [0, 0.1) is 17.5 Å². The fraction of sp³-hybridized carbons (Fsp3) is 0.250. The number of fused-ring (bicyclic) bond motifs is 1. The van der Waals surface area contributed by atoms with Crippen molar-refractivity contribution in [2.75, 3.05) is 31.1 Å². The monoisotopic (exact) mass is 537 g/mol. The molecule has 0 radical (unpaired) electrons. The minimum atomic E-state index is -1.39. The van der Waals surface area contributed by atoms with Crippen molar-refractivity contribution < 1.29 is 27.2 Å². The van der Waals surface area contributed by atoms with Crippen LogP contribution in [0.4, 0.5) is 28.0 Å². The number of hydrogen-bond donors (Lipinski definition) is 0. The summed E-state index contributed by atoms with van der Waals surface area (Å²) >= 11 is 0. The quantitative estimate of drug-likeness (QED) is 0.337. The average molecular weight is 538 g/mol. The van der Waals surface area contributed by atoms with Crippen LogP contribution in [0.25, 0.3) is 16.6 Å². The number of aromatic nitrogens is 2. The van der Waals surface area contributed by atoms with Gasteiger partial charge in [0.2, 0.25) is 5.91 Å². The van der Waals surface area contributed by atoms with E-state index in [1.165, 1.54) is 25.4 Å². The second-order valence-corrected chi connectivity index (χ2v) is 9.63. The van der Waals surface area contributed by atoms with Crippen molar-refractivity contribution in [2.24, 2.45) is 0 Å². The second-order valence-electron chi connectivity index (χ2n) is 9.63. The van der Waals surface area contributed by atoms with Gasteiger partial charge in [0, 0.05) is 30.5 Å².